The summed E-state index contributed by atoms with van der Waals surface area (Å²) in [6, 6.07) is 8.76. The maximum absolute atomic E-state index is 9.51. The largest absolute Gasteiger partial charge is 0.494 e. The van der Waals surface area contributed by atoms with Crippen LogP contribution in [0.3, 0.4) is 0 Å². The Morgan fingerprint density at radius 2 is 2.04 bits per heavy atom. The number of ether oxygens (including phenoxy) is 1. The molecule has 0 aliphatic carbocycles. The molecule has 1 saturated heterocycles. The van der Waals surface area contributed by atoms with Crippen molar-refractivity contribution in [3.8, 4) is 5.75 Å². The molecule has 0 radical (unpaired) electrons. The van der Waals surface area contributed by atoms with Crippen LogP contribution in [-0.2, 0) is 13.1 Å². The van der Waals surface area contributed by atoms with Crippen LogP contribution in [0.15, 0.2) is 30.5 Å². The van der Waals surface area contributed by atoms with Gasteiger partial charge in [-0.15, -0.1) is 11.3 Å². The average molecular weight is 376 g/mol. The van der Waals surface area contributed by atoms with E-state index in [0.717, 1.165) is 49.9 Å². The summed E-state index contributed by atoms with van der Waals surface area (Å²) in [7, 11) is 0. The van der Waals surface area contributed by atoms with Gasteiger partial charge >= 0.3 is 0 Å². The lowest BCUT2D eigenvalue weighted by Gasteiger charge is -2.41. The summed E-state index contributed by atoms with van der Waals surface area (Å²) in [4.78, 5) is 10.7. The van der Waals surface area contributed by atoms with Gasteiger partial charge in [-0.05, 0) is 38.0 Å². The molecule has 0 saturated carbocycles. The Morgan fingerprint density at radius 1 is 1.23 bits per heavy atom. The third kappa shape index (κ3) is 5.27. The number of hydrogen-bond donors (Lipinski definition) is 1. The van der Waals surface area contributed by atoms with Crippen molar-refractivity contribution in [3.05, 3.63) is 45.9 Å². The van der Waals surface area contributed by atoms with E-state index in [4.69, 9.17) is 4.74 Å². The van der Waals surface area contributed by atoms with E-state index in [2.05, 4.69) is 33.8 Å². The fourth-order valence-corrected chi connectivity index (χ4v) is 4.36. The Kier molecular flexibility index (Phi) is 7.02. The number of aryl methyl sites for hydroxylation is 1. The predicted octanol–water partition coefficient (Wildman–Crippen LogP) is 2.92. The van der Waals surface area contributed by atoms with E-state index in [1.54, 1.807) is 11.3 Å². The maximum atomic E-state index is 9.51. The van der Waals surface area contributed by atoms with Crippen LogP contribution >= 0.6 is 11.3 Å². The van der Waals surface area contributed by atoms with Gasteiger partial charge in [-0.3, -0.25) is 9.80 Å². The molecule has 2 aromatic rings. The molecular weight excluding hydrogens is 346 g/mol. The van der Waals surface area contributed by atoms with Crippen LogP contribution in [0.2, 0.25) is 0 Å². The van der Waals surface area contributed by atoms with Gasteiger partial charge in [-0.1, -0.05) is 12.1 Å². The molecule has 1 N–H and O–H groups in total. The van der Waals surface area contributed by atoms with Gasteiger partial charge in [0.05, 0.1) is 11.6 Å². The quantitative estimate of drug-likeness (QED) is 0.769. The number of aliphatic hydroxyl groups is 1. The highest BCUT2D eigenvalue weighted by Crippen LogP contribution is 2.21. The molecule has 3 rings (SSSR count). The molecule has 1 atom stereocenters. The molecule has 2 heterocycles. The molecule has 1 aromatic heterocycles. The summed E-state index contributed by atoms with van der Waals surface area (Å²) in [6.45, 7) is 9.93. The first-order chi connectivity index (χ1) is 12.7. The van der Waals surface area contributed by atoms with Crippen molar-refractivity contribution in [2.45, 2.75) is 39.4 Å². The highest BCUT2D eigenvalue weighted by atomic mass is 32.1. The Hall–Kier alpha value is -1.47. The second-order valence-corrected chi connectivity index (χ2v) is 8.11. The van der Waals surface area contributed by atoms with Gasteiger partial charge in [0, 0.05) is 56.4 Å². The summed E-state index contributed by atoms with van der Waals surface area (Å²) < 4.78 is 5.53. The molecule has 5 nitrogen and oxygen atoms in total. The zero-order valence-corrected chi connectivity index (χ0v) is 16.5. The second kappa shape index (κ2) is 9.46. The molecule has 1 aromatic carbocycles. The molecule has 142 valence electrons. The van der Waals surface area contributed by atoms with E-state index in [1.165, 1.54) is 10.4 Å². The molecule has 0 amide bonds. The topological polar surface area (TPSA) is 48.8 Å². The summed E-state index contributed by atoms with van der Waals surface area (Å²) in [5.74, 6) is 0.924. The van der Waals surface area contributed by atoms with Gasteiger partial charge in [-0.25, -0.2) is 4.98 Å². The number of benzene rings is 1. The second-order valence-electron chi connectivity index (χ2n) is 6.79. The fraction of sp³-hybridized carbons (Fsp3) is 0.550. The zero-order chi connectivity index (χ0) is 18.4. The van der Waals surface area contributed by atoms with E-state index in [0.29, 0.717) is 12.6 Å². The van der Waals surface area contributed by atoms with Gasteiger partial charge < -0.3 is 9.84 Å². The zero-order valence-electron chi connectivity index (χ0n) is 15.7. The SMILES string of the molecule is CCOc1ccc(CN2CCN(Cc3cnc(C)s3)C[C@@H]2CCO)cc1. The monoisotopic (exact) mass is 375 g/mol. The molecule has 0 spiro atoms. The van der Waals surface area contributed by atoms with Gasteiger partial charge in [0.1, 0.15) is 5.75 Å². The van der Waals surface area contributed by atoms with Crippen molar-refractivity contribution in [3.63, 3.8) is 0 Å². The van der Waals surface area contributed by atoms with Crippen LogP contribution in [0.1, 0.15) is 28.8 Å². The lowest BCUT2D eigenvalue weighted by Crippen LogP contribution is -2.52. The smallest absolute Gasteiger partial charge is 0.119 e. The van der Waals surface area contributed by atoms with Crippen LogP contribution in [0.25, 0.3) is 0 Å². The van der Waals surface area contributed by atoms with Gasteiger partial charge in [0.25, 0.3) is 0 Å². The molecule has 26 heavy (non-hydrogen) atoms. The summed E-state index contributed by atoms with van der Waals surface area (Å²) in [5, 5.41) is 10.6. The number of nitrogens with zero attached hydrogens (tertiary/aromatic N) is 3. The Labute approximate surface area is 160 Å². The first-order valence-electron chi connectivity index (χ1n) is 9.38. The van der Waals surface area contributed by atoms with Crippen LogP contribution in [0.5, 0.6) is 5.75 Å². The standard InChI is InChI=1S/C20H29N3O2S/c1-3-25-19-6-4-17(5-7-19)13-23-10-9-22(14-18(23)8-11-24)15-20-12-21-16(2)26-20/h4-7,12,18,24H,3,8-11,13-15H2,1-2H3/t18-/m0/s1. The van der Waals surface area contributed by atoms with Crippen molar-refractivity contribution < 1.29 is 9.84 Å². The van der Waals surface area contributed by atoms with Crippen LogP contribution in [0.4, 0.5) is 0 Å². The molecule has 1 fully saturated rings. The number of rotatable bonds is 8. The average Bonchev–Trinajstić information content (AvgIpc) is 3.04. The van der Waals surface area contributed by atoms with Crippen molar-refractivity contribution in [2.24, 2.45) is 0 Å². The van der Waals surface area contributed by atoms with E-state index in [1.807, 2.05) is 25.3 Å². The molecule has 0 bridgehead atoms. The first-order valence-corrected chi connectivity index (χ1v) is 10.2. The van der Waals surface area contributed by atoms with Crippen LogP contribution in [-0.4, -0.2) is 58.8 Å². The third-order valence-corrected chi connectivity index (χ3v) is 5.72. The number of piperazine rings is 1. The lowest BCUT2D eigenvalue weighted by molar-refractivity contribution is 0.0504. The Bertz CT molecular complexity index is 674. The summed E-state index contributed by atoms with van der Waals surface area (Å²) >= 11 is 1.78. The van der Waals surface area contributed by atoms with Crippen LogP contribution < -0.4 is 4.74 Å². The Morgan fingerprint density at radius 3 is 2.69 bits per heavy atom. The number of aromatic nitrogens is 1. The summed E-state index contributed by atoms with van der Waals surface area (Å²) in [5.41, 5.74) is 1.29. The minimum atomic E-state index is 0.234. The number of hydrogen-bond acceptors (Lipinski definition) is 6. The fourth-order valence-electron chi connectivity index (χ4n) is 3.52. The van der Waals surface area contributed by atoms with Gasteiger partial charge in [0.15, 0.2) is 0 Å². The molecule has 6 heteroatoms. The molecular formula is C20H29N3O2S. The number of aliphatic hydroxyl groups excluding tert-OH is 1. The van der Waals surface area contributed by atoms with Crippen LogP contribution in [0, 0.1) is 6.92 Å². The maximum Gasteiger partial charge on any atom is 0.119 e. The van der Waals surface area contributed by atoms with Crippen molar-refractivity contribution in [2.75, 3.05) is 32.8 Å². The normalized spacial score (nSPS) is 19.0. The summed E-state index contributed by atoms with van der Waals surface area (Å²) in [6.07, 6.45) is 2.81. The molecule has 1 aliphatic heterocycles. The van der Waals surface area contributed by atoms with Crippen molar-refractivity contribution in [1.29, 1.82) is 0 Å². The van der Waals surface area contributed by atoms with Crippen molar-refractivity contribution in [1.82, 2.24) is 14.8 Å². The van der Waals surface area contributed by atoms with Gasteiger partial charge in [0.2, 0.25) is 0 Å². The molecule has 1 aliphatic rings. The number of thiazole rings is 1. The highest BCUT2D eigenvalue weighted by molar-refractivity contribution is 7.11. The molecule has 0 unspecified atom stereocenters. The van der Waals surface area contributed by atoms with E-state index in [-0.39, 0.29) is 6.61 Å². The minimum absolute atomic E-state index is 0.234. The minimum Gasteiger partial charge on any atom is -0.494 e. The lowest BCUT2D eigenvalue weighted by atomic mass is 10.1. The third-order valence-electron chi connectivity index (χ3n) is 4.82. The van der Waals surface area contributed by atoms with E-state index in [9.17, 15) is 5.11 Å². The van der Waals surface area contributed by atoms with E-state index < -0.39 is 0 Å². The predicted molar refractivity (Wildman–Crippen MR) is 106 cm³/mol. The Balaban J connectivity index is 1.59. The first kappa shape index (κ1) is 19.3. The van der Waals surface area contributed by atoms with Crippen molar-refractivity contribution >= 4 is 11.3 Å². The van der Waals surface area contributed by atoms with E-state index >= 15 is 0 Å². The van der Waals surface area contributed by atoms with Gasteiger partial charge in [-0.2, -0.15) is 0 Å². The highest BCUT2D eigenvalue weighted by Gasteiger charge is 2.26.